The van der Waals surface area contributed by atoms with E-state index in [2.05, 4.69) is 5.32 Å². The van der Waals surface area contributed by atoms with Gasteiger partial charge in [0.2, 0.25) is 0 Å². The van der Waals surface area contributed by atoms with Gasteiger partial charge in [0.05, 0.1) is 21.7 Å². The summed E-state index contributed by atoms with van der Waals surface area (Å²) in [5, 5.41) is 15.1. The molecule has 1 N–H and O–H groups in total. The van der Waals surface area contributed by atoms with Crippen LogP contribution in [0, 0.1) is 24.0 Å². The number of halogens is 1. The molecule has 0 bridgehead atoms. The summed E-state index contributed by atoms with van der Waals surface area (Å²) >= 11 is 6.01. The summed E-state index contributed by atoms with van der Waals surface area (Å²) in [7, 11) is 0. The zero-order valence-corrected chi connectivity index (χ0v) is 17.6. The van der Waals surface area contributed by atoms with Crippen LogP contribution in [0.5, 0.6) is 0 Å². The van der Waals surface area contributed by atoms with Gasteiger partial charge in [-0.1, -0.05) is 35.4 Å². The van der Waals surface area contributed by atoms with Crippen molar-refractivity contribution in [1.82, 2.24) is 4.98 Å². The number of hydrogen-bond donors (Lipinski definition) is 1. The Morgan fingerprint density at radius 3 is 2.32 bits per heavy atom. The molecule has 0 atom stereocenters. The van der Waals surface area contributed by atoms with E-state index >= 15 is 0 Å². The minimum absolute atomic E-state index is 0.0383. The van der Waals surface area contributed by atoms with E-state index in [1.165, 1.54) is 24.3 Å². The number of hydrogen-bond acceptors (Lipinski definition) is 4. The first kappa shape index (κ1) is 20.5. The van der Waals surface area contributed by atoms with Crippen molar-refractivity contribution in [1.29, 1.82) is 0 Å². The molecule has 31 heavy (non-hydrogen) atoms. The normalized spacial score (nSPS) is 10.8. The Kier molecular flexibility index (Phi) is 5.40. The van der Waals surface area contributed by atoms with Crippen molar-refractivity contribution in [2.75, 3.05) is 5.32 Å². The maximum atomic E-state index is 13.2. The number of amides is 1. The number of nitrogens with zero attached hydrogens (tertiary/aromatic N) is 2. The van der Waals surface area contributed by atoms with Crippen LogP contribution < -0.4 is 5.32 Å². The number of carbonyl (C=O) groups excluding carboxylic acids is 1. The highest BCUT2D eigenvalue weighted by Gasteiger charge is 2.16. The summed E-state index contributed by atoms with van der Waals surface area (Å²) in [5.41, 5.74) is 5.14. The van der Waals surface area contributed by atoms with Gasteiger partial charge in [0.1, 0.15) is 0 Å². The van der Waals surface area contributed by atoms with Crippen molar-refractivity contribution in [3.05, 3.63) is 98.6 Å². The molecule has 0 saturated heterocycles. The number of anilines is 1. The molecule has 4 aromatic rings. The number of fused-ring (bicyclic) bond motifs is 1. The first-order valence-electron chi connectivity index (χ1n) is 9.55. The maximum Gasteiger partial charge on any atom is 0.269 e. The number of pyridine rings is 1. The molecule has 0 aliphatic rings. The van der Waals surface area contributed by atoms with E-state index in [-0.39, 0.29) is 11.6 Å². The molecule has 6 nitrogen and oxygen atoms in total. The topological polar surface area (TPSA) is 85.1 Å². The van der Waals surface area contributed by atoms with E-state index in [0.717, 1.165) is 27.6 Å². The van der Waals surface area contributed by atoms with Crippen molar-refractivity contribution in [3.8, 4) is 11.3 Å². The van der Waals surface area contributed by atoms with Crippen LogP contribution in [0.3, 0.4) is 0 Å². The number of aryl methyl sites for hydroxylation is 2. The van der Waals surface area contributed by atoms with Gasteiger partial charge in [-0.05, 0) is 55.8 Å². The molecule has 0 spiro atoms. The predicted octanol–water partition coefficient (Wildman–Crippen LogP) is 6.33. The van der Waals surface area contributed by atoms with E-state index in [4.69, 9.17) is 16.6 Å². The average molecular weight is 432 g/mol. The molecule has 0 aliphatic carbocycles. The number of rotatable bonds is 4. The lowest BCUT2D eigenvalue weighted by molar-refractivity contribution is -0.384. The second-order valence-corrected chi connectivity index (χ2v) is 7.73. The third kappa shape index (κ3) is 4.25. The van der Waals surface area contributed by atoms with Crippen LogP contribution in [0.1, 0.15) is 21.5 Å². The monoisotopic (exact) mass is 431 g/mol. The van der Waals surface area contributed by atoms with E-state index in [1.807, 2.05) is 38.1 Å². The zero-order valence-electron chi connectivity index (χ0n) is 16.8. The van der Waals surface area contributed by atoms with Crippen molar-refractivity contribution in [2.24, 2.45) is 0 Å². The van der Waals surface area contributed by atoms with Crippen LogP contribution in [0.2, 0.25) is 5.02 Å². The second kappa shape index (κ2) is 8.16. The first-order valence-corrected chi connectivity index (χ1v) is 9.93. The van der Waals surface area contributed by atoms with Crippen molar-refractivity contribution in [2.45, 2.75) is 13.8 Å². The van der Waals surface area contributed by atoms with Gasteiger partial charge in [0.15, 0.2) is 0 Å². The molecule has 0 unspecified atom stereocenters. The number of nitro groups is 1. The largest absolute Gasteiger partial charge is 0.322 e. The van der Waals surface area contributed by atoms with Gasteiger partial charge in [-0.2, -0.15) is 0 Å². The Bertz CT molecular complexity index is 1320. The third-order valence-corrected chi connectivity index (χ3v) is 5.22. The number of carbonyl (C=O) groups is 1. The number of aromatic nitrogens is 1. The van der Waals surface area contributed by atoms with Crippen LogP contribution >= 0.6 is 11.6 Å². The van der Waals surface area contributed by atoms with E-state index in [0.29, 0.717) is 22.0 Å². The van der Waals surface area contributed by atoms with Gasteiger partial charge in [0, 0.05) is 33.8 Å². The molecule has 0 aliphatic heterocycles. The lowest BCUT2D eigenvalue weighted by atomic mass is 9.99. The highest BCUT2D eigenvalue weighted by atomic mass is 35.5. The standard InChI is InChI=1S/C24H18ClN3O3/c1-14-11-15(2)23-20(12-14)21(13-22(27-23)16-3-5-17(25)6-4-16)24(29)26-18-7-9-19(10-8-18)28(30)31/h3-13H,1-2H3,(H,26,29). The van der Waals surface area contributed by atoms with E-state index in [9.17, 15) is 14.9 Å². The Morgan fingerprint density at radius 1 is 1.00 bits per heavy atom. The smallest absolute Gasteiger partial charge is 0.269 e. The van der Waals surface area contributed by atoms with Crippen LogP contribution in [0.4, 0.5) is 11.4 Å². The molecular formula is C24H18ClN3O3. The molecule has 0 fully saturated rings. The molecule has 0 radical (unpaired) electrons. The highest BCUT2D eigenvalue weighted by Crippen LogP contribution is 2.29. The van der Waals surface area contributed by atoms with Gasteiger partial charge >= 0.3 is 0 Å². The SMILES string of the molecule is Cc1cc(C)c2nc(-c3ccc(Cl)cc3)cc(C(=O)Nc3ccc([N+](=O)[O-])cc3)c2c1. The molecule has 4 rings (SSSR count). The Balaban J connectivity index is 1.81. The predicted molar refractivity (Wildman–Crippen MR) is 123 cm³/mol. The highest BCUT2D eigenvalue weighted by molar-refractivity contribution is 6.30. The van der Waals surface area contributed by atoms with Crippen LogP contribution in [0.15, 0.2) is 66.7 Å². The number of benzene rings is 3. The fourth-order valence-electron chi connectivity index (χ4n) is 3.50. The van der Waals surface area contributed by atoms with Gasteiger partial charge in [-0.15, -0.1) is 0 Å². The molecule has 1 amide bonds. The lowest BCUT2D eigenvalue weighted by Gasteiger charge is -2.13. The number of non-ortho nitro benzene ring substituents is 1. The van der Waals surface area contributed by atoms with E-state index < -0.39 is 4.92 Å². The van der Waals surface area contributed by atoms with Crippen molar-refractivity contribution in [3.63, 3.8) is 0 Å². The summed E-state index contributed by atoms with van der Waals surface area (Å²) in [6.45, 7) is 3.93. The second-order valence-electron chi connectivity index (χ2n) is 7.30. The number of nitro benzene ring substituents is 1. The summed E-state index contributed by atoms with van der Waals surface area (Å²) in [6.07, 6.45) is 0. The Labute approximate surface area is 183 Å². The minimum Gasteiger partial charge on any atom is -0.322 e. The lowest BCUT2D eigenvalue weighted by Crippen LogP contribution is -2.13. The first-order chi connectivity index (χ1) is 14.8. The van der Waals surface area contributed by atoms with E-state index in [1.54, 1.807) is 18.2 Å². The molecule has 3 aromatic carbocycles. The third-order valence-electron chi connectivity index (χ3n) is 4.97. The van der Waals surface area contributed by atoms with Gasteiger partial charge in [-0.3, -0.25) is 14.9 Å². The Morgan fingerprint density at radius 2 is 1.68 bits per heavy atom. The summed E-state index contributed by atoms with van der Waals surface area (Å²) in [5.74, 6) is -0.318. The molecule has 1 aromatic heterocycles. The quantitative estimate of drug-likeness (QED) is 0.302. The van der Waals surface area contributed by atoms with Crippen LogP contribution in [0.25, 0.3) is 22.2 Å². The summed E-state index contributed by atoms with van der Waals surface area (Å²) in [4.78, 5) is 28.4. The number of nitrogens with one attached hydrogen (secondary N) is 1. The van der Waals surface area contributed by atoms with Gasteiger partial charge < -0.3 is 5.32 Å². The van der Waals surface area contributed by atoms with Crippen molar-refractivity contribution >= 4 is 39.8 Å². The van der Waals surface area contributed by atoms with Crippen LogP contribution in [-0.2, 0) is 0 Å². The summed E-state index contributed by atoms with van der Waals surface area (Å²) in [6, 6.07) is 18.7. The molecule has 154 valence electrons. The van der Waals surface area contributed by atoms with Crippen molar-refractivity contribution < 1.29 is 9.72 Å². The Hall–Kier alpha value is -3.77. The molecule has 1 heterocycles. The van der Waals surface area contributed by atoms with Crippen LogP contribution in [-0.4, -0.2) is 15.8 Å². The molecule has 7 heteroatoms. The fourth-order valence-corrected chi connectivity index (χ4v) is 3.63. The zero-order chi connectivity index (χ0) is 22.1. The van der Waals surface area contributed by atoms with Gasteiger partial charge in [-0.25, -0.2) is 4.98 Å². The summed E-state index contributed by atoms with van der Waals surface area (Å²) < 4.78 is 0. The molecular weight excluding hydrogens is 414 g/mol. The maximum absolute atomic E-state index is 13.2. The average Bonchev–Trinajstić information content (AvgIpc) is 2.74. The van der Waals surface area contributed by atoms with Gasteiger partial charge in [0.25, 0.3) is 11.6 Å². The fraction of sp³-hybridized carbons (Fsp3) is 0.0833. The molecule has 0 saturated carbocycles. The minimum atomic E-state index is -0.480.